The number of amides is 2. The van der Waals surface area contributed by atoms with E-state index in [9.17, 15) is 14.0 Å². The van der Waals surface area contributed by atoms with E-state index < -0.39 is 6.04 Å². The molecule has 150 valence electrons. The van der Waals surface area contributed by atoms with Crippen LogP contribution in [0.4, 0.5) is 4.39 Å². The van der Waals surface area contributed by atoms with Crippen LogP contribution in [0.2, 0.25) is 5.02 Å². The monoisotopic (exact) mass is 404 g/mol. The number of halogens is 2. The van der Waals surface area contributed by atoms with Crippen LogP contribution in [0.15, 0.2) is 48.5 Å². The Labute approximate surface area is 170 Å². The summed E-state index contributed by atoms with van der Waals surface area (Å²) >= 11 is 5.91. The number of hydrogen-bond donors (Lipinski definition) is 1. The summed E-state index contributed by atoms with van der Waals surface area (Å²) in [6.45, 7) is 5.86. The van der Waals surface area contributed by atoms with E-state index in [0.29, 0.717) is 11.4 Å². The normalized spacial score (nSPS) is 11.9. The number of nitrogens with zero attached hydrogens (tertiary/aromatic N) is 1. The van der Waals surface area contributed by atoms with Gasteiger partial charge in [-0.1, -0.05) is 42.8 Å². The van der Waals surface area contributed by atoms with Crippen molar-refractivity contribution in [2.75, 3.05) is 0 Å². The molecule has 2 rings (SSSR count). The molecule has 1 N–H and O–H groups in total. The van der Waals surface area contributed by atoms with Gasteiger partial charge in [-0.05, 0) is 55.7 Å². The van der Waals surface area contributed by atoms with Gasteiger partial charge in [0.25, 0.3) is 0 Å². The van der Waals surface area contributed by atoms with Crippen molar-refractivity contribution in [3.8, 4) is 0 Å². The Bertz CT molecular complexity index is 791. The number of hydrogen-bond acceptors (Lipinski definition) is 2. The van der Waals surface area contributed by atoms with E-state index >= 15 is 0 Å². The van der Waals surface area contributed by atoms with Gasteiger partial charge in [0, 0.05) is 17.6 Å². The third-order valence-electron chi connectivity index (χ3n) is 4.35. The van der Waals surface area contributed by atoms with Crippen LogP contribution in [0.1, 0.15) is 38.3 Å². The van der Waals surface area contributed by atoms with Crippen LogP contribution >= 0.6 is 11.6 Å². The lowest BCUT2D eigenvalue weighted by Gasteiger charge is -2.31. The number of carbonyl (C=O) groups excluding carboxylic acids is 2. The highest BCUT2D eigenvalue weighted by atomic mass is 35.5. The lowest BCUT2D eigenvalue weighted by molar-refractivity contribution is -0.141. The predicted molar refractivity (Wildman–Crippen MR) is 109 cm³/mol. The minimum absolute atomic E-state index is 0.0272. The molecule has 0 aliphatic rings. The molecular formula is C22H26ClFN2O2. The topological polar surface area (TPSA) is 49.4 Å². The quantitative estimate of drug-likeness (QED) is 0.710. The van der Waals surface area contributed by atoms with Gasteiger partial charge >= 0.3 is 0 Å². The molecule has 0 unspecified atom stereocenters. The van der Waals surface area contributed by atoms with E-state index in [2.05, 4.69) is 5.32 Å². The molecule has 0 aliphatic carbocycles. The van der Waals surface area contributed by atoms with Crippen molar-refractivity contribution >= 4 is 23.4 Å². The zero-order valence-corrected chi connectivity index (χ0v) is 17.2. The highest BCUT2D eigenvalue weighted by Crippen LogP contribution is 2.16. The number of nitrogens with one attached hydrogen (secondary N) is 1. The summed E-state index contributed by atoms with van der Waals surface area (Å²) in [5.41, 5.74) is 1.58. The minimum Gasteiger partial charge on any atom is -0.352 e. The van der Waals surface area contributed by atoms with Crippen molar-refractivity contribution in [1.82, 2.24) is 10.2 Å². The molecule has 0 saturated carbocycles. The Hall–Kier alpha value is -2.40. The third-order valence-corrected chi connectivity index (χ3v) is 4.60. The Morgan fingerprint density at radius 1 is 1.04 bits per heavy atom. The van der Waals surface area contributed by atoms with Crippen molar-refractivity contribution in [2.24, 2.45) is 0 Å². The van der Waals surface area contributed by atoms with Gasteiger partial charge in [-0.2, -0.15) is 0 Å². The van der Waals surface area contributed by atoms with Crippen molar-refractivity contribution in [3.63, 3.8) is 0 Å². The Balaban J connectivity index is 2.27. The Morgan fingerprint density at radius 2 is 1.61 bits per heavy atom. The highest BCUT2D eigenvalue weighted by molar-refractivity contribution is 6.30. The molecule has 1 atom stereocenters. The first-order chi connectivity index (χ1) is 13.3. The molecule has 4 nitrogen and oxygen atoms in total. The molecule has 0 heterocycles. The molecular weight excluding hydrogens is 379 g/mol. The fourth-order valence-electron chi connectivity index (χ4n) is 2.97. The van der Waals surface area contributed by atoms with Crippen molar-refractivity contribution < 1.29 is 14.0 Å². The first-order valence-electron chi connectivity index (χ1n) is 9.39. The molecule has 0 fully saturated rings. The molecule has 0 aliphatic heterocycles. The summed E-state index contributed by atoms with van der Waals surface area (Å²) in [5, 5.41) is 3.48. The summed E-state index contributed by atoms with van der Waals surface area (Å²) in [4.78, 5) is 27.4. The summed E-state index contributed by atoms with van der Waals surface area (Å²) in [7, 11) is 0. The molecule has 0 spiro atoms. The number of rotatable bonds is 8. The van der Waals surface area contributed by atoms with Gasteiger partial charge in [0.1, 0.15) is 11.9 Å². The Morgan fingerprint density at radius 3 is 2.14 bits per heavy atom. The fraction of sp³-hybridized carbons (Fsp3) is 0.364. The zero-order chi connectivity index (χ0) is 20.7. The molecule has 0 radical (unpaired) electrons. The maximum absolute atomic E-state index is 13.2. The molecule has 0 saturated heterocycles. The fourth-order valence-corrected chi connectivity index (χ4v) is 3.09. The SMILES string of the molecule is CC[C@@H](C(=O)NC(C)C)N(Cc1ccc(F)cc1)C(=O)Cc1ccc(Cl)cc1. The van der Waals surface area contributed by atoms with Gasteiger partial charge in [-0.25, -0.2) is 4.39 Å². The van der Waals surface area contributed by atoms with E-state index in [1.54, 1.807) is 41.3 Å². The van der Waals surface area contributed by atoms with Crippen LogP contribution in [-0.2, 0) is 22.6 Å². The minimum atomic E-state index is -0.604. The predicted octanol–water partition coefficient (Wildman–Crippen LogP) is 4.35. The first kappa shape index (κ1) is 21.9. The number of carbonyl (C=O) groups is 2. The molecule has 0 bridgehead atoms. The van der Waals surface area contributed by atoms with Gasteiger partial charge in [-0.15, -0.1) is 0 Å². The van der Waals surface area contributed by atoms with Crippen LogP contribution in [0.3, 0.4) is 0 Å². The second kappa shape index (κ2) is 10.2. The smallest absolute Gasteiger partial charge is 0.243 e. The molecule has 2 aromatic carbocycles. The zero-order valence-electron chi connectivity index (χ0n) is 16.4. The molecule has 2 amide bonds. The maximum Gasteiger partial charge on any atom is 0.243 e. The van der Waals surface area contributed by atoms with Crippen LogP contribution < -0.4 is 5.32 Å². The summed E-state index contributed by atoms with van der Waals surface area (Å²) in [6.07, 6.45) is 0.635. The average molecular weight is 405 g/mol. The average Bonchev–Trinajstić information content (AvgIpc) is 2.64. The van der Waals surface area contributed by atoms with Crippen LogP contribution in [-0.4, -0.2) is 28.8 Å². The molecule has 0 aromatic heterocycles. The highest BCUT2D eigenvalue weighted by Gasteiger charge is 2.28. The lowest BCUT2D eigenvalue weighted by atomic mass is 10.1. The second-order valence-electron chi connectivity index (χ2n) is 7.04. The van der Waals surface area contributed by atoms with E-state index in [4.69, 9.17) is 11.6 Å². The van der Waals surface area contributed by atoms with Crippen molar-refractivity contribution in [1.29, 1.82) is 0 Å². The van der Waals surface area contributed by atoms with E-state index in [-0.39, 0.29) is 36.6 Å². The largest absolute Gasteiger partial charge is 0.352 e. The molecule has 6 heteroatoms. The maximum atomic E-state index is 13.2. The first-order valence-corrected chi connectivity index (χ1v) is 9.76. The van der Waals surface area contributed by atoms with Gasteiger partial charge in [0.2, 0.25) is 11.8 Å². The van der Waals surface area contributed by atoms with Crippen LogP contribution in [0.5, 0.6) is 0 Å². The summed E-state index contributed by atoms with van der Waals surface area (Å²) in [6, 6.07) is 12.4. The van der Waals surface area contributed by atoms with E-state index in [0.717, 1.165) is 11.1 Å². The molecule has 28 heavy (non-hydrogen) atoms. The summed E-state index contributed by atoms with van der Waals surface area (Å²) in [5.74, 6) is -0.700. The second-order valence-corrected chi connectivity index (χ2v) is 7.48. The number of benzene rings is 2. The van der Waals surface area contributed by atoms with E-state index in [1.165, 1.54) is 12.1 Å². The standard InChI is InChI=1S/C22H26ClFN2O2/c1-4-20(22(28)25-15(2)3)26(14-17-7-11-19(24)12-8-17)21(27)13-16-5-9-18(23)10-6-16/h5-12,15,20H,4,13-14H2,1-3H3,(H,25,28)/t20-/m0/s1. The Kier molecular flexibility index (Phi) is 8.00. The van der Waals surface area contributed by atoms with Gasteiger partial charge in [-0.3, -0.25) is 9.59 Å². The van der Waals surface area contributed by atoms with E-state index in [1.807, 2.05) is 20.8 Å². The van der Waals surface area contributed by atoms with Crippen LogP contribution in [0.25, 0.3) is 0 Å². The third kappa shape index (κ3) is 6.34. The van der Waals surface area contributed by atoms with Gasteiger partial charge in [0.15, 0.2) is 0 Å². The van der Waals surface area contributed by atoms with Gasteiger partial charge < -0.3 is 10.2 Å². The van der Waals surface area contributed by atoms with Crippen LogP contribution in [0, 0.1) is 5.82 Å². The molecule has 2 aromatic rings. The summed E-state index contributed by atoms with van der Waals surface area (Å²) < 4.78 is 13.2. The van der Waals surface area contributed by atoms with Gasteiger partial charge in [0.05, 0.1) is 6.42 Å². The van der Waals surface area contributed by atoms with Crippen molar-refractivity contribution in [2.45, 2.75) is 52.2 Å². The lowest BCUT2D eigenvalue weighted by Crippen LogP contribution is -2.50. The van der Waals surface area contributed by atoms with Crippen molar-refractivity contribution in [3.05, 3.63) is 70.5 Å².